The number of phenolic OH excluding ortho intramolecular Hbond substituents is 1. The first kappa shape index (κ1) is 17.4. The number of methoxy groups -OCH3 is 2. The first-order valence-electron chi connectivity index (χ1n) is 7.41. The second-order valence-corrected chi connectivity index (χ2v) is 5.41. The minimum atomic E-state index is -0.344. The number of carbonyl (C=O) groups excluding carboxylic acids is 1. The highest BCUT2D eigenvalue weighted by Gasteiger charge is 2.17. The Bertz CT molecular complexity index is 749. The molecule has 0 saturated carbocycles. The number of hydrogen-bond donors (Lipinski definition) is 1. The molecule has 0 aromatic heterocycles. The number of anilines is 1. The van der Waals surface area contributed by atoms with Crippen molar-refractivity contribution in [3.8, 4) is 17.2 Å². The third-order valence-electron chi connectivity index (χ3n) is 3.59. The van der Waals surface area contributed by atoms with Crippen molar-refractivity contribution in [1.29, 1.82) is 0 Å². The number of carbonyl (C=O) groups is 1. The zero-order valence-electron chi connectivity index (χ0n) is 14.2. The maximum atomic E-state index is 12.4. The van der Waals surface area contributed by atoms with Crippen molar-refractivity contribution in [1.82, 2.24) is 0 Å². The van der Waals surface area contributed by atoms with Gasteiger partial charge >= 0.3 is 0 Å². The third kappa shape index (κ3) is 3.87. The van der Waals surface area contributed by atoms with Crippen LogP contribution >= 0.6 is 0 Å². The summed E-state index contributed by atoms with van der Waals surface area (Å²) in [5, 5.41) is 10.1. The molecule has 0 bridgehead atoms. The highest BCUT2D eigenvalue weighted by Crippen LogP contribution is 2.33. The summed E-state index contributed by atoms with van der Waals surface area (Å²) in [7, 11) is 6.85. The van der Waals surface area contributed by atoms with E-state index in [1.165, 1.54) is 26.4 Å². The van der Waals surface area contributed by atoms with Gasteiger partial charge in [0.15, 0.2) is 5.78 Å². The normalized spacial score (nSPS) is 10.7. The number of benzene rings is 2. The molecule has 0 aliphatic heterocycles. The molecule has 1 N–H and O–H groups in total. The molecule has 0 aliphatic rings. The van der Waals surface area contributed by atoms with Crippen LogP contribution in [0.2, 0.25) is 0 Å². The molecular weight excluding hydrogens is 306 g/mol. The van der Waals surface area contributed by atoms with E-state index in [0.717, 1.165) is 11.3 Å². The molecule has 0 spiro atoms. The Kier molecular flexibility index (Phi) is 5.47. The molecule has 0 amide bonds. The van der Waals surface area contributed by atoms with E-state index < -0.39 is 0 Å². The Hall–Kier alpha value is -2.95. The standard InChI is InChI=1S/C19H21NO4/c1-20(2)14-8-5-13(6-9-14)7-10-16(21)19-17(22)11-15(23-3)12-18(19)24-4/h5-12,22H,1-4H3. The van der Waals surface area contributed by atoms with Gasteiger partial charge in [-0.05, 0) is 23.8 Å². The Morgan fingerprint density at radius 3 is 2.29 bits per heavy atom. The average molecular weight is 327 g/mol. The summed E-state index contributed by atoms with van der Waals surface area (Å²) in [6.07, 6.45) is 3.11. The first-order valence-corrected chi connectivity index (χ1v) is 7.41. The van der Waals surface area contributed by atoms with E-state index in [0.29, 0.717) is 5.75 Å². The summed E-state index contributed by atoms with van der Waals surface area (Å²) < 4.78 is 10.2. The van der Waals surface area contributed by atoms with Crippen molar-refractivity contribution >= 4 is 17.5 Å². The maximum absolute atomic E-state index is 12.4. The summed E-state index contributed by atoms with van der Waals surface area (Å²) in [6, 6.07) is 10.7. The predicted molar refractivity (Wildman–Crippen MR) is 95.3 cm³/mol. The predicted octanol–water partition coefficient (Wildman–Crippen LogP) is 3.37. The number of phenols is 1. The fourth-order valence-electron chi connectivity index (χ4n) is 2.24. The number of aromatic hydroxyl groups is 1. The summed E-state index contributed by atoms with van der Waals surface area (Å²) in [5.41, 5.74) is 2.08. The first-order chi connectivity index (χ1) is 11.5. The quantitative estimate of drug-likeness (QED) is 0.651. The fraction of sp³-hybridized carbons (Fsp3) is 0.211. The summed E-state index contributed by atoms with van der Waals surface area (Å²) >= 11 is 0. The second-order valence-electron chi connectivity index (χ2n) is 5.41. The van der Waals surface area contributed by atoms with Crippen molar-refractivity contribution in [3.05, 3.63) is 53.6 Å². The lowest BCUT2D eigenvalue weighted by molar-refractivity contribution is 0.104. The van der Waals surface area contributed by atoms with E-state index in [1.807, 2.05) is 43.3 Å². The van der Waals surface area contributed by atoms with Gasteiger partial charge in [-0.1, -0.05) is 18.2 Å². The maximum Gasteiger partial charge on any atom is 0.193 e. The van der Waals surface area contributed by atoms with Gasteiger partial charge in [0.1, 0.15) is 22.8 Å². The molecule has 0 saturated heterocycles. The molecule has 0 radical (unpaired) electrons. The zero-order chi connectivity index (χ0) is 17.7. The summed E-state index contributed by atoms with van der Waals surface area (Å²) in [5.74, 6) is 0.168. The number of nitrogens with zero attached hydrogens (tertiary/aromatic N) is 1. The van der Waals surface area contributed by atoms with Crippen LogP contribution in [0.15, 0.2) is 42.5 Å². The van der Waals surface area contributed by atoms with Gasteiger partial charge in [-0.2, -0.15) is 0 Å². The van der Waals surface area contributed by atoms with Crippen molar-refractivity contribution in [2.24, 2.45) is 0 Å². The van der Waals surface area contributed by atoms with E-state index in [2.05, 4.69) is 0 Å². The SMILES string of the molecule is COc1cc(O)c(C(=O)C=Cc2ccc(N(C)C)cc2)c(OC)c1. The zero-order valence-corrected chi connectivity index (χ0v) is 14.2. The molecule has 0 heterocycles. The van der Waals surface area contributed by atoms with E-state index in [1.54, 1.807) is 12.1 Å². The van der Waals surface area contributed by atoms with E-state index in [9.17, 15) is 9.90 Å². The van der Waals surface area contributed by atoms with E-state index >= 15 is 0 Å². The lowest BCUT2D eigenvalue weighted by atomic mass is 10.1. The summed E-state index contributed by atoms with van der Waals surface area (Å²) in [4.78, 5) is 14.4. The smallest absolute Gasteiger partial charge is 0.193 e. The highest BCUT2D eigenvalue weighted by molar-refractivity contribution is 6.10. The van der Waals surface area contributed by atoms with Gasteiger partial charge in [0.05, 0.1) is 14.2 Å². The van der Waals surface area contributed by atoms with Crippen LogP contribution in [0.3, 0.4) is 0 Å². The lowest BCUT2D eigenvalue weighted by Crippen LogP contribution is -2.07. The van der Waals surface area contributed by atoms with Crippen LogP contribution in [0.25, 0.3) is 6.08 Å². The van der Waals surface area contributed by atoms with Crippen LogP contribution < -0.4 is 14.4 Å². The third-order valence-corrected chi connectivity index (χ3v) is 3.59. The highest BCUT2D eigenvalue weighted by atomic mass is 16.5. The molecular formula is C19H21NO4. The van der Waals surface area contributed by atoms with Crippen LogP contribution in [-0.2, 0) is 0 Å². The van der Waals surface area contributed by atoms with Crippen LogP contribution in [0.4, 0.5) is 5.69 Å². The van der Waals surface area contributed by atoms with E-state index in [4.69, 9.17) is 9.47 Å². The number of ether oxygens (including phenoxy) is 2. The number of allylic oxidation sites excluding steroid dienone is 1. The van der Waals surface area contributed by atoms with Crippen LogP contribution in [0.5, 0.6) is 17.2 Å². The fourth-order valence-corrected chi connectivity index (χ4v) is 2.24. The van der Waals surface area contributed by atoms with Gasteiger partial charge < -0.3 is 19.5 Å². The average Bonchev–Trinajstić information content (AvgIpc) is 2.59. The van der Waals surface area contributed by atoms with Gasteiger partial charge in [-0.3, -0.25) is 4.79 Å². The van der Waals surface area contributed by atoms with Gasteiger partial charge in [-0.25, -0.2) is 0 Å². The van der Waals surface area contributed by atoms with Crippen molar-refractivity contribution < 1.29 is 19.4 Å². The van der Waals surface area contributed by atoms with Gasteiger partial charge in [0.2, 0.25) is 0 Å². The summed E-state index contributed by atoms with van der Waals surface area (Å²) in [6.45, 7) is 0. The minimum absolute atomic E-state index is 0.111. The van der Waals surface area contributed by atoms with Crippen molar-refractivity contribution in [2.75, 3.05) is 33.2 Å². The Balaban J connectivity index is 2.26. The molecule has 2 aromatic carbocycles. The van der Waals surface area contributed by atoms with Gasteiger partial charge in [-0.15, -0.1) is 0 Å². The molecule has 5 heteroatoms. The van der Waals surface area contributed by atoms with Gasteiger partial charge in [0.25, 0.3) is 0 Å². The molecule has 0 aliphatic carbocycles. The monoisotopic (exact) mass is 327 g/mol. The molecule has 2 rings (SSSR count). The molecule has 24 heavy (non-hydrogen) atoms. The Morgan fingerprint density at radius 2 is 1.75 bits per heavy atom. The van der Waals surface area contributed by atoms with Crippen LogP contribution in [0, 0.1) is 0 Å². The molecule has 5 nitrogen and oxygen atoms in total. The largest absolute Gasteiger partial charge is 0.507 e. The lowest BCUT2D eigenvalue weighted by Gasteiger charge is -2.12. The Labute approximate surface area is 141 Å². The van der Waals surface area contributed by atoms with Gasteiger partial charge in [0, 0.05) is 31.9 Å². The van der Waals surface area contributed by atoms with E-state index in [-0.39, 0.29) is 22.8 Å². The molecule has 0 unspecified atom stereocenters. The van der Waals surface area contributed by atoms with Crippen LogP contribution in [0.1, 0.15) is 15.9 Å². The van der Waals surface area contributed by atoms with Crippen LogP contribution in [-0.4, -0.2) is 39.2 Å². The Morgan fingerprint density at radius 1 is 1.08 bits per heavy atom. The van der Waals surface area contributed by atoms with Crippen molar-refractivity contribution in [3.63, 3.8) is 0 Å². The minimum Gasteiger partial charge on any atom is -0.507 e. The number of rotatable bonds is 6. The number of hydrogen-bond acceptors (Lipinski definition) is 5. The molecule has 126 valence electrons. The number of ketones is 1. The topological polar surface area (TPSA) is 59.0 Å². The molecule has 2 aromatic rings. The second kappa shape index (κ2) is 7.55. The molecule has 0 fully saturated rings. The van der Waals surface area contributed by atoms with Crippen molar-refractivity contribution in [2.45, 2.75) is 0 Å². The molecule has 0 atom stereocenters.